The van der Waals surface area contributed by atoms with Gasteiger partial charge >= 0.3 is 18.0 Å². The van der Waals surface area contributed by atoms with E-state index in [9.17, 15) is 22.8 Å². The zero-order chi connectivity index (χ0) is 18.4. The van der Waals surface area contributed by atoms with Crippen molar-refractivity contribution in [3.8, 4) is 0 Å². The predicted octanol–water partition coefficient (Wildman–Crippen LogP) is 2.84. The van der Waals surface area contributed by atoms with Crippen molar-refractivity contribution in [1.29, 1.82) is 0 Å². The van der Waals surface area contributed by atoms with Crippen LogP contribution in [0.3, 0.4) is 0 Å². The third-order valence-corrected chi connectivity index (χ3v) is 3.14. The zero-order valence-electron chi connectivity index (χ0n) is 12.3. The largest absolute Gasteiger partial charge is 0.416 e. The molecule has 1 aromatic heterocycles. The van der Waals surface area contributed by atoms with E-state index in [1.165, 1.54) is 12.4 Å². The maximum atomic E-state index is 12.7. The second kappa shape index (κ2) is 7.75. The van der Waals surface area contributed by atoms with Crippen LogP contribution in [0.2, 0.25) is 5.02 Å². The van der Waals surface area contributed by atoms with Gasteiger partial charge in [0.05, 0.1) is 22.5 Å². The lowest BCUT2D eigenvalue weighted by Crippen LogP contribution is -2.32. The van der Waals surface area contributed by atoms with Crippen LogP contribution < -0.4 is 10.7 Å². The van der Waals surface area contributed by atoms with E-state index in [-0.39, 0.29) is 10.7 Å². The molecular formula is C15H10ClF3N4O2. The number of benzene rings is 1. The van der Waals surface area contributed by atoms with Crippen LogP contribution in [-0.2, 0) is 15.8 Å². The minimum atomic E-state index is -4.61. The van der Waals surface area contributed by atoms with E-state index in [1.807, 2.05) is 10.7 Å². The maximum absolute atomic E-state index is 12.7. The number of rotatable bonds is 3. The van der Waals surface area contributed by atoms with Gasteiger partial charge in [-0.15, -0.1) is 0 Å². The summed E-state index contributed by atoms with van der Waals surface area (Å²) in [6.45, 7) is 0. The second-order valence-electron chi connectivity index (χ2n) is 4.63. The molecule has 0 saturated heterocycles. The molecule has 0 radical (unpaired) electrons. The molecule has 0 aliphatic carbocycles. The molecule has 0 unspecified atom stereocenters. The van der Waals surface area contributed by atoms with Crippen molar-refractivity contribution < 1.29 is 22.8 Å². The lowest BCUT2D eigenvalue weighted by atomic mass is 10.2. The molecule has 0 saturated carbocycles. The van der Waals surface area contributed by atoms with Crippen LogP contribution in [0, 0.1) is 0 Å². The fourth-order valence-corrected chi connectivity index (χ4v) is 1.81. The van der Waals surface area contributed by atoms with Crippen molar-refractivity contribution >= 4 is 35.3 Å². The summed E-state index contributed by atoms with van der Waals surface area (Å²) in [5, 5.41) is 5.40. The first kappa shape index (κ1) is 18.4. The number of aromatic nitrogens is 1. The molecule has 130 valence electrons. The summed E-state index contributed by atoms with van der Waals surface area (Å²) in [7, 11) is 0. The highest BCUT2D eigenvalue weighted by atomic mass is 35.5. The first-order chi connectivity index (χ1) is 11.8. The number of hydrazone groups is 1. The molecule has 0 aliphatic rings. The van der Waals surface area contributed by atoms with Crippen molar-refractivity contribution in [3.05, 3.63) is 58.9 Å². The molecule has 2 N–H and O–H groups in total. The molecule has 2 rings (SSSR count). The van der Waals surface area contributed by atoms with Gasteiger partial charge in [0.25, 0.3) is 0 Å². The van der Waals surface area contributed by atoms with Gasteiger partial charge in [-0.2, -0.15) is 18.3 Å². The first-order valence-electron chi connectivity index (χ1n) is 6.68. The predicted molar refractivity (Wildman–Crippen MR) is 85.1 cm³/mol. The molecule has 2 amide bonds. The molecular weight excluding hydrogens is 361 g/mol. The lowest BCUT2D eigenvalue weighted by Gasteiger charge is -2.11. The molecule has 0 bridgehead atoms. The molecule has 0 aliphatic heterocycles. The Morgan fingerprint density at radius 2 is 1.96 bits per heavy atom. The SMILES string of the molecule is O=C(N/N=C/c1cccnc1)C(=O)Nc1cc(C(F)(F)F)ccc1Cl. The van der Waals surface area contributed by atoms with Crippen molar-refractivity contribution in [1.82, 2.24) is 10.4 Å². The fourth-order valence-electron chi connectivity index (χ4n) is 1.65. The Morgan fingerprint density at radius 1 is 1.20 bits per heavy atom. The van der Waals surface area contributed by atoms with E-state index in [2.05, 4.69) is 10.1 Å². The highest BCUT2D eigenvalue weighted by molar-refractivity contribution is 6.41. The first-order valence-corrected chi connectivity index (χ1v) is 7.06. The number of hydrogen-bond donors (Lipinski definition) is 2. The van der Waals surface area contributed by atoms with Gasteiger partial charge in [-0.3, -0.25) is 14.6 Å². The van der Waals surface area contributed by atoms with E-state index in [4.69, 9.17) is 11.6 Å². The molecule has 10 heteroatoms. The maximum Gasteiger partial charge on any atom is 0.416 e. The van der Waals surface area contributed by atoms with Crippen LogP contribution >= 0.6 is 11.6 Å². The van der Waals surface area contributed by atoms with Gasteiger partial charge in [-0.25, -0.2) is 5.43 Å². The standard InChI is InChI=1S/C15H10ClF3N4O2/c16-11-4-3-10(15(17,18)19)6-12(11)22-13(24)14(25)23-21-8-9-2-1-5-20-7-9/h1-8H,(H,22,24)(H,23,25)/b21-8+. The minimum Gasteiger partial charge on any atom is -0.316 e. The van der Waals surface area contributed by atoms with Crippen LogP contribution in [0.5, 0.6) is 0 Å². The van der Waals surface area contributed by atoms with Crippen LogP contribution in [0.15, 0.2) is 47.8 Å². The number of anilines is 1. The summed E-state index contributed by atoms with van der Waals surface area (Å²) >= 11 is 5.73. The third-order valence-electron chi connectivity index (χ3n) is 2.81. The molecule has 0 atom stereocenters. The topological polar surface area (TPSA) is 83.5 Å². The van der Waals surface area contributed by atoms with Gasteiger partial charge in [0.1, 0.15) is 0 Å². The monoisotopic (exact) mass is 370 g/mol. The molecule has 6 nitrogen and oxygen atoms in total. The number of halogens is 4. The lowest BCUT2D eigenvalue weighted by molar-refractivity contribution is -0.137. The Labute approximate surface area is 144 Å². The Hall–Kier alpha value is -2.94. The molecule has 1 heterocycles. The molecule has 2 aromatic rings. The van der Waals surface area contributed by atoms with Crippen LogP contribution in [0.1, 0.15) is 11.1 Å². The Morgan fingerprint density at radius 3 is 2.60 bits per heavy atom. The average molecular weight is 371 g/mol. The fraction of sp³-hybridized carbons (Fsp3) is 0.0667. The summed E-state index contributed by atoms with van der Waals surface area (Å²) in [4.78, 5) is 27.2. The van der Waals surface area contributed by atoms with Gasteiger partial charge < -0.3 is 5.32 Å². The Bertz CT molecular complexity index is 810. The summed E-state index contributed by atoms with van der Waals surface area (Å²) in [6.07, 6.45) is -0.351. The second-order valence-corrected chi connectivity index (χ2v) is 5.04. The average Bonchev–Trinajstić information content (AvgIpc) is 2.56. The number of alkyl halides is 3. The summed E-state index contributed by atoms with van der Waals surface area (Å²) < 4.78 is 38.0. The number of amides is 2. The molecule has 1 aromatic carbocycles. The van der Waals surface area contributed by atoms with E-state index >= 15 is 0 Å². The van der Waals surface area contributed by atoms with Gasteiger partial charge in [0.2, 0.25) is 0 Å². The van der Waals surface area contributed by atoms with E-state index in [0.29, 0.717) is 11.6 Å². The van der Waals surface area contributed by atoms with Crippen molar-refractivity contribution in [2.24, 2.45) is 5.10 Å². The minimum absolute atomic E-state index is 0.145. The third kappa shape index (κ3) is 5.28. The van der Waals surface area contributed by atoms with Gasteiger partial charge in [0, 0.05) is 18.0 Å². The van der Waals surface area contributed by atoms with Crippen LogP contribution in [0.4, 0.5) is 18.9 Å². The van der Waals surface area contributed by atoms with E-state index in [1.54, 1.807) is 18.3 Å². The number of carbonyl (C=O) groups is 2. The number of nitrogens with one attached hydrogen (secondary N) is 2. The van der Waals surface area contributed by atoms with Crippen molar-refractivity contribution in [2.75, 3.05) is 5.32 Å². The number of carbonyl (C=O) groups excluding carboxylic acids is 2. The summed E-state index contributed by atoms with van der Waals surface area (Å²) in [6, 6.07) is 5.66. The zero-order valence-corrected chi connectivity index (χ0v) is 13.1. The normalized spacial score (nSPS) is 11.4. The number of hydrogen-bond acceptors (Lipinski definition) is 4. The smallest absolute Gasteiger partial charge is 0.316 e. The number of pyridine rings is 1. The van der Waals surface area contributed by atoms with Gasteiger partial charge in [0.15, 0.2) is 0 Å². The molecule has 25 heavy (non-hydrogen) atoms. The quantitative estimate of drug-likeness (QED) is 0.495. The van der Waals surface area contributed by atoms with Gasteiger partial charge in [-0.1, -0.05) is 17.7 Å². The van der Waals surface area contributed by atoms with E-state index in [0.717, 1.165) is 12.1 Å². The van der Waals surface area contributed by atoms with E-state index < -0.39 is 23.6 Å². The molecule has 0 fully saturated rings. The van der Waals surface area contributed by atoms with Crippen molar-refractivity contribution in [3.63, 3.8) is 0 Å². The Balaban J connectivity index is 2.01. The summed E-state index contributed by atoms with van der Waals surface area (Å²) in [5.74, 6) is -2.39. The van der Waals surface area contributed by atoms with Crippen LogP contribution in [-0.4, -0.2) is 23.0 Å². The van der Waals surface area contributed by atoms with Gasteiger partial charge in [-0.05, 0) is 24.3 Å². The highest BCUT2D eigenvalue weighted by Crippen LogP contribution is 2.33. The molecule has 0 spiro atoms. The summed E-state index contributed by atoms with van der Waals surface area (Å²) in [5.41, 5.74) is 1.16. The highest BCUT2D eigenvalue weighted by Gasteiger charge is 2.31. The van der Waals surface area contributed by atoms with Crippen LogP contribution in [0.25, 0.3) is 0 Å². The number of nitrogens with zero attached hydrogens (tertiary/aromatic N) is 2. The Kier molecular flexibility index (Phi) is 5.71. The van der Waals surface area contributed by atoms with Crippen molar-refractivity contribution in [2.45, 2.75) is 6.18 Å².